The second kappa shape index (κ2) is 14.5. The van der Waals surface area contributed by atoms with E-state index in [1.54, 1.807) is 0 Å². The number of nitrogens with two attached hydrogens (primary N) is 2. The number of piperidine rings is 1. The highest BCUT2D eigenvalue weighted by molar-refractivity contribution is 5.90. The summed E-state index contributed by atoms with van der Waals surface area (Å²) >= 11 is 0. The number of aryl methyl sites for hydroxylation is 2. The zero-order chi connectivity index (χ0) is 31.3. The number of para-hydroxylation sites is 2. The van der Waals surface area contributed by atoms with Crippen LogP contribution in [0.3, 0.4) is 0 Å². The van der Waals surface area contributed by atoms with Crippen LogP contribution >= 0.6 is 0 Å². The standard InChI is InChI=1S/C21H29N3.C18H25N3/c1-23-14-7-6-8-16(23)13-15-24-19-11-4-2-9-17(19)21(22)18-10-3-5-12-20(18)24;1-20(2)12-7-13-21-16-10-5-3-8-14(16)18(19)15-9-4-6-11-17(15)21/h2,4,9,11,16,22H,3,5-8,10,12-15H2,1H3;3,5,8,10,19H,4,6-7,9,11-13H2,1-2H3/p+2. The van der Waals surface area contributed by atoms with Gasteiger partial charge < -0.3 is 21.3 Å². The van der Waals surface area contributed by atoms with Crippen molar-refractivity contribution < 1.29 is 9.13 Å². The van der Waals surface area contributed by atoms with E-state index in [0.29, 0.717) is 0 Å². The smallest absolute Gasteiger partial charge is 0.214 e. The SMILES string of the molecule is CN(C)CCC[n+]1c2c(c(N)c3ccccc31)CCCC2.CN1CCCCC1CC[n+]1c2c(c(N)c3ccccc31)CCCC2. The zero-order valence-corrected chi connectivity index (χ0v) is 28.2. The van der Waals surface area contributed by atoms with Gasteiger partial charge in [-0.2, -0.15) is 9.13 Å². The third-order valence-corrected chi connectivity index (χ3v) is 10.7. The maximum absolute atomic E-state index is 6.55. The highest BCUT2D eigenvalue weighted by Crippen LogP contribution is 2.31. The van der Waals surface area contributed by atoms with Gasteiger partial charge in [0, 0.05) is 61.5 Å². The lowest BCUT2D eigenvalue weighted by Crippen LogP contribution is -2.45. The van der Waals surface area contributed by atoms with Crippen molar-refractivity contribution in [2.24, 2.45) is 0 Å². The summed E-state index contributed by atoms with van der Waals surface area (Å²) in [6, 6.07) is 18.1. The number of benzene rings is 2. The van der Waals surface area contributed by atoms with Crippen LogP contribution in [0.15, 0.2) is 48.5 Å². The molecule has 240 valence electrons. The number of nitrogen functional groups attached to an aromatic ring is 2. The maximum atomic E-state index is 6.55. The Hall–Kier alpha value is -3.22. The summed E-state index contributed by atoms with van der Waals surface area (Å²) in [6.45, 7) is 4.59. The van der Waals surface area contributed by atoms with Gasteiger partial charge in [-0.05, 0) is 91.2 Å². The molecule has 0 spiro atoms. The quantitative estimate of drug-likeness (QED) is 0.253. The number of pyridine rings is 2. The molecule has 0 saturated carbocycles. The van der Waals surface area contributed by atoms with Gasteiger partial charge in [-0.15, -0.1) is 0 Å². The van der Waals surface area contributed by atoms with E-state index in [1.807, 2.05) is 0 Å². The third-order valence-electron chi connectivity index (χ3n) is 10.7. The van der Waals surface area contributed by atoms with Gasteiger partial charge in [-0.1, -0.05) is 30.7 Å². The fourth-order valence-electron chi connectivity index (χ4n) is 8.29. The van der Waals surface area contributed by atoms with Crippen molar-refractivity contribution in [2.45, 2.75) is 103 Å². The Morgan fingerprint density at radius 3 is 1.80 bits per heavy atom. The average molecular weight is 609 g/mol. The van der Waals surface area contributed by atoms with Crippen LogP contribution in [0.1, 0.15) is 80.3 Å². The fourth-order valence-corrected chi connectivity index (χ4v) is 8.29. The van der Waals surface area contributed by atoms with Crippen molar-refractivity contribution in [1.82, 2.24) is 9.80 Å². The van der Waals surface area contributed by atoms with Crippen molar-refractivity contribution in [3.05, 3.63) is 71.0 Å². The molecule has 0 amide bonds. The molecule has 6 heteroatoms. The first-order valence-electron chi connectivity index (χ1n) is 17.7. The van der Waals surface area contributed by atoms with E-state index >= 15 is 0 Å². The van der Waals surface area contributed by atoms with E-state index in [9.17, 15) is 0 Å². The number of nitrogens with zero attached hydrogens (tertiary/aromatic N) is 4. The molecule has 3 aliphatic rings. The second-order valence-electron chi connectivity index (χ2n) is 14.0. The molecular formula is C39H56N6+2. The number of likely N-dealkylation sites (tertiary alicyclic amines) is 1. The van der Waals surface area contributed by atoms with E-state index in [0.717, 1.165) is 49.9 Å². The molecule has 1 fully saturated rings. The summed E-state index contributed by atoms with van der Waals surface area (Å²) in [4.78, 5) is 4.82. The van der Waals surface area contributed by atoms with Gasteiger partial charge in [0.15, 0.2) is 24.5 Å². The molecule has 3 heterocycles. The number of fused-ring (bicyclic) bond motifs is 4. The average Bonchev–Trinajstić information content (AvgIpc) is 3.07. The molecule has 1 aliphatic heterocycles. The predicted octanol–water partition coefficient (Wildman–Crippen LogP) is 6.00. The highest BCUT2D eigenvalue weighted by Gasteiger charge is 2.29. The van der Waals surface area contributed by atoms with Crippen LogP contribution in [0.5, 0.6) is 0 Å². The Labute approximate surface area is 271 Å². The molecule has 4 N–H and O–H groups in total. The molecule has 1 unspecified atom stereocenters. The first-order chi connectivity index (χ1) is 21.9. The van der Waals surface area contributed by atoms with Gasteiger partial charge in [0.25, 0.3) is 0 Å². The number of rotatable bonds is 7. The molecule has 2 aliphatic carbocycles. The molecule has 1 atom stereocenters. The molecule has 4 aromatic rings. The Morgan fingerprint density at radius 2 is 1.24 bits per heavy atom. The van der Waals surface area contributed by atoms with Crippen LogP contribution in [0.25, 0.3) is 21.8 Å². The zero-order valence-electron chi connectivity index (χ0n) is 28.2. The summed E-state index contributed by atoms with van der Waals surface area (Å²) in [5, 5.41) is 2.47. The molecule has 0 bridgehead atoms. The molecule has 1 saturated heterocycles. The largest absolute Gasteiger partial charge is 0.398 e. The molecule has 2 aromatic heterocycles. The predicted molar refractivity (Wildman–Crippen MR) is 188 cm³/mol. The minimum atomic E-state index is 0.738. The van der Waals surface area contributed by atoms with Crippen molar-refractivity contribution in [3.63, 3.8) is 0 Å². The molecule has 45 heavy (non-hydrogen) atoms. The first-order valence-corrected chi connectivity index (χ1v) is 17.7. The van der Waals surface area contributed by atoms with Crippen molar-refractivity contribution >= 4 is 33.2 Å². The molecular weight excluding hydrogens is 552 g/mol. The van der Waals surface area contributed by atoms with E-state index in [1.165, 1.54) is 121 Å². The number of hydrogen-bond donors (Lipinski definition) is 2. The monoisotopic (exact) mass is 608 g/mol. The lowest BCUT2D eigenvalue weighted by Gasteiger charge is -2.32. The van der Waals surface area contributed by atoms with Crippen LogP contribution in [-0.2, 0) is 38.8 Å². The minimum Gasteiger partial charge on any atom is -0.398 e. The van der Waals surface area contributed by atoms with Gasteiger partial charge in [-0.25, -0.2) is 0 Å². The lowest BCUT2D eigenvalue weighted by molar-refractivity contribution is -0.680. The van der Waals surface area contributed by atoms with Gasteiger partial charge in [-0.3, -0.25) is 0 Å². The third kappa shape index (κ3) is 6.83. The van der Waals surface area contributed by atoms with Crippen molar-refractivity contribution in [1.29, 1.82) is 0 Å². The molecule has 6 nitrogen and oxygen atoms in total. The Bertz CT molecular complexity index is 1630. The van der Waals surface area contributed by atoms with Crippen LogP contribution in [0, 0.1) is 0 Å². The fraction of sp³-hybridized carbons (Fsp3) is 0.538. The summed E-state index contributed by atoms with van der Waals surface area (Å²) < 4.78 is 5.13. The summed E-state index contributed by atoms with van der Waals surface area (Å²) in [5.41, 5.74) is 23.5. The Kier molecular flexibility index (Phi) is 10.2. The van der Waals surface area contributed by atoms with Crippen LogP contribution in [0.2, 0.25) is 0 Å². The number of hydrogen-bond acceptors (Lipinski definition) is 4. The van der Waals surface area contributed by atoms with Crippen LogP contribution < -0.4 is 20.6 Å². The Balaban J connectivity index is 0.000000160. The summed E-state index contributed by atoms with van der Waals surface area (Å²) in [7, 11) is 6.58. The van der Waals surface area contributed by atoms with Crippen LogP contribution in [-0.4, -0.2) is 50.1 Å². The van der Waals surface area contributed by atoms with Crippen molar-refractivity contribution in [2.75, 3.05) is 45.7 Å². The van der Waals surface area contributed by atoms with Gasteiger partial charge in [0.1, 0.15) is 0 Å². The number of aromatic nitrogens is 2. The Morgan fingerprint density at radius 1 is 0.711 bits per heavy atom. The van der Waals surface area contributed by atoms with E-state index in [4.69, 9.17) is 11.5 Å². The van der Waals surface area contributed by atoms with Gasteiger partial charge in [0.2, 0.25) is 11.0 Å². The lowest BCUT2D eigenvalue weighted by atomic mass is 9.92. The highest BCUT2D eigenvalue weighted by atomic mass is 15.1. The van der Waals surface area contributed by atoms with Crippen molar-refractivity contribution in [3.8, 4) is 0 Å². The summed E-state index contributed by atoms with van der Waals surface area (Å²) in [6.07, 6.45) is 16.3. The van der Waals surface area contributed by atoms with E-state index < -0.39 is 0 Å². The number of anilines is 2. The summed E-state index contributed by atoms with van der Waals surface area (Å²) in [5.74, 6) is 0. The topological polar surface area (TPSA) is 66.3 Å². The minimum absolute atomic E-state index is 0.738. The van der Waals surface area contributed by atoms with E-state index in [-0.39, 0.29) is 0 Å². The molecule has 2 aromatic carbocycles. The molecule has 7 rings (SSSR count). The van der Waals surface area contributed by atoms with Gasteiger partial charge >= 0.3 is 0 Å². The van der Waals surface area contributed by atoms with E-state index in [2.05, 4.69) is 88.6 Å². The normalized spacial score (nSPS) is 18.4. The first kappa shape index (κ1) is 31.7. The van der Waals surface area contributed by atoms with Gasteiger partial charge in [0.05, 0.1) is 22.1 Å². The maximum Gasteiger partial charge on any atom is 0.214 e. The second-order valence-corrected chi connectivity index (χ2v) is 14.0. The molecule has 0 radical (unpaired) electrons. The van der Waals surface area contributed by atoms with Crippen LogP contribution in [0.4, 0.5) is 11.4 Å².